The normalized spacial score (nSPS) is 13.7. The van der Waals surface area contributed by atoms with Crippen molar-refractivity contribution >= 4 is 28.8 Å². The summed E-state index contributed by atoms with van der Waals surface area (Å²) in [7, 11) is 1.69. The lowest BCUT2D eigenvalue weighted by atomic mass is 9.99. The Morgan fingerprint density at radius 3 is 2.65 bits per heavy atom. The maximum atomic E-state index is 12.0. The van der Waals surface area contributed by atoms with Gasteiger partial charge < -0.3 is 10.3 Å². The van der Waals surface area contributed by atoms with Crippen LogP contribution in [-0.2, 0) is 7.05 Å². The van der Waals surface area contributed by atoms with Gasteiger partial charge in [-0.3, -0.25) is 14.4 Å². The van der Waals surface area contributed by atoms with E-state index in [9.17, 15) is 14.4 Å². The molecule has 0 fully saturated rings. The average molecular weight is 287 g/mol. The van der Waals surface area contributed by atoms with Gasteiger partial charge in [0.05, 0.1) is 5.56 Å². The SMILES string of the molecule is Cn1cc(-c2nc(C(N)=O)cs2)c2c1C(=O)C=CC2=O. The minimum absolute atomic E-state index is 0.146. The predicted octanol–water partition coefficient (Wildman–Crippen LogP) is 1.18. The lowest BCUT2D eigenvalue weighted by molar-refractivity contribution is 0.0989. The molecule has 0 spiro atoms. The number of ketones is 2. The Balaban J connectivity index is 2.21. The summed E-state index contributed by atoms with van der Waals surface area (Å²) in [4.78, 5) is 39.1. The van der Waals surface area contributed by atoms with Gasteiger partial charge in [-0.1, -0.05) is 0 Å². The van der Waals surface area contributed by atoms with Crippen LogP contribution in [0.15, 0.2) is 23.7 Å². The minimum atomic E-state index is -0.625. The van der Waals surface area contributed by atoms with E-state index in [0.717, 1.165) is 0 Å². The number of hydrogen-bond acceptors (Lipinski definition) is 5. The molecule has 2 heterocycles. The van der Waals surface area contributed by atoms with Crippen molar-refractivity contribution in [2.24, 2.45) is 12.8 Å². The first-order chi connectivity index (χ1) is 9.49. The molecule has 2 N–H and O–H groups in total. The van der Waals surface area contributed by atoms with Crippen LogP contribution in [0.2, 0.25) is 0 Å². The molecule has 20 heavy (non-hydrogen) atoms. The standard InChI is InChI=1S/C13H9N3O3S/c1-16-4-6(13-15-7(5-20-13)12(14)19)10-8(17)2-3-9(18)11(10)16/h2-5H,1H3,(H2,14,19). The van der Waals surface area contributed by atoms with Gasteiger partial charge in [0.15, 0.2) is 5.78 Å². The third-order valence-electron chi connectivity index (χ3n) is 3.03. The number of carbonyl (C=O) groups excluding carboxylic acids is 3. The van der Waals surface area contributed by atoms with Gasteiger partial charge in [0.2, 0.25) is 5.78 Å². The van der Waals surface area contributed by atoms with Crippen molar-refractivity contribution in [2.45, 2.75) is 0 Å². The number of thiazole rings is 1. The molecule has 7 heteroatoms. The van der Waals surface area contributed by atoms with Crippen molar-refractivity contribution in [3.63, 3.8) is 0 Å². The molecular weight excluding hydrogens is 278 g/mol. The van der Waals surface area contributed by atoms with Crippen LogP contribution in [0.25, 0.3) is 10.6 Å². The van der Waals surface area contributed by atoms with Crippen LogP contribution in [0.4, 0.5) is 0 Å². The summed E-state index contributed by atoms with van der Waals surface area (Å²) in [6.07, 6.45) is 4.17. The Kier molecular flexibility index (Phi) is 2.65. The number of hydrogen-bond donors (Lipinski definition) is 1. The van der Waals surface area contributed by atoms with Crippen LogP contribution in [0.5, 0.6) is 0 Å². The van der Waals surface area contributed by atoms with Gasteiger partial charge in [-0.05, 0) is 12.2 Å². The van der Waals surface area contributed by atoms with Gasteiger partial charge in [0, 0.05) is 24.2 Å². The third kappa shape index (κ3) is 1.71. The topological polar surface area (TPSA) is 95.1 Å². The quantitative estimate of drug-likeness (QED) is 0.897. The zero-order chi connectivity index (χ0) is 14.4. The molecular formula is C13H9N3O3S. The van der Waals surface area contributed by atoms with Crippen molar-refractivity contribution in [1.82, 2.24) is 9.55 Å². The fourth-order valence-corrected chi connectivity index (χ4v) is 2.98. The average Bonchev–Trinajstić information content (AvgIpc) is 2.99. The van der Waals surface area contributed by atoms with E-state index in [1.54, 1.807) is 17.8 Å². The van der Waals surface area contributed by atoms with Gasteiger partial charge >= 0.3 is 0 Å². The van der Waals surface area contributed by atoms with Crippen molar-refractivity contribution in [3.05, 3.63) is 40.7 Å². The second-order valence-corrected chi connectivity index (χ2v) is 5.20. The Morgan fingerprint density at radius 1 is 1.30 bits per heavy atom. The number of allylic oxidation sites excluding steroid dienone is 2. The summed E-state index contributed by atoms with van der Waals surface area (Å²) in [5, 5.41) is 2.02. The number of primary amides is 1. The summed E-state index contributed by atoms with van der Waals surface area (Å²) in [5.41, 5.74) is 6.52. The van der Waals surface area contributed by atoms with E-state index < -0.39 is 5.91 Å². The second kappa shape index (κ2) is 4.24. The molecule has 0 bridgehead atoms. The summed E-state index contributed by atoms with van der Waals surface area (Å²) in [5.74, 6) is -1.09. The Labute approximate surface area is 117 Å². The highest BCUT2D eigenvalue weighted by Gasteiger charge is 2.28. The van der Waals surface area contributed by atoms with Crippen LogP contribution < -0.4 is 5.73 Å². The number of fused-ring (bicyclic) bond motifs is 1. The smallest absolute Gasteiger partial charge is 0.268 e. The molecule has 2 aromatic rings. The molecule has 0 atom stereocenters. The van der Waals surface area contributed by atoms with Gasteiger partial charge in [-0.25, -0.2) is 4.98 Å². The molecule has 1 aliphatic rings. The summed E-state index contributed by atoms with van der Waals surface area (Å²) in [6, 6.07) is 0. The van der Waals surface area contributed by atoms with Gasteiger partial charge in [-0.2, -0.15) is 0 Å². The number of rotatable bonds is 2. The van der Waals surface area contributed by atoms with E-state index in [1.807, 2.05) is 0 Å². The molecule has 1 aliphatic carbocycles. The van der Waals surface area contributed by atoms with Crippen molar-refractivity contribution < 1.29 is 14.4 Å². The fraction of sp³-hybridized carbons (Fsp3) is 0.0769. The Bertz CT molecular complexity index is 798. The molecule has 0 aliphatic heterocycles. The molecule has 0 radical (unpaired) electrons. The number of nitrogens with two attached hydrogens (primary N) is 1. The lowest BCUT2D eigenvalue weighted by Gasteiger charge is -2.06. The summed E-state index contributed by atoms with van der Waals surface area (Å²) in [6.45, 7) is 0. The first kappa shape index (κ1) is 12.5. The molecule has 100 valence electrons. The van der Waals surface area contributed by atoms with Crippen LogP contribution in [-0.4, -0.2) is 27.0 Å². The van der Waals surface area contributed by atoms with E-state index in [0.29, 0.717) is 21.8 Å². The van der Waals surface area contributed by atoms with E-state index in [2.05, 4.69) is 4.98 Å². The molecule has 0 aromatic carbocycles. The molecule has 6 nitrogen and oxygen atoms in total. The van der Waals surface area contributed by atoms with Crippen LogP contribution in [0, 0.1) is 0 Å². The minimum Gasteiger partial charge on any atom is -0.364 e. The molecule has 2 aromatic heterocycles. The highest BCUT2D eigenvalue weighted by molar-refractivity contribution is 7.13. The van der Waals surface area contributed by atoms with Crippen LogP contribution in [0.1, 0.15) is 31.3 Å². The first-order valence-electron chi connectivity index (χ1n) is 5.71. The molecule has 0 unspecified atom stereocenters. The number of aryl methyl sites for hydroxylation is 1. The lowest BCUT2D eigenvalue weighted by Crippen LogP contribution is -2.13. The van der Waals surface area contributed by atoms with Gasteiger partial charge in [-0.15, -0.1) is 11.3 Å². The molecule has 3 rings (SSSR count). The number of nitrogens with zero attached hydrogens (tertiary/aromatic N) is 2. The molecule has 0 saturated carbocycles. The first-order valence-corrected chi connectivity index (χ1v) is 6.58. The summed E-state index contributed by atoms with van der Waals surface area (Å²) < 4.78 is 1.60. The van der Waals surface area contributed by atoms with Crippen LogP contribution in [0.3, 0.4) is 0 Å². The fourth-order valence-electron chi connectivity index (χ4n) is 2.16. The van der Waals surface area contributed by atoms with E-state index in [1.165, 1.54) is 28.9 Å². The highest BCUT2D eigenvalue weighted by atomic mass is 32.1. The van der Waals surface area contributed by atoms with Gasteiger partial charge in [0.1, 0.15) is 16.4 Å². The Morgan fingerprint density at radius 2 is 2.00 bits per heavy atom. The van der Waals surface area contributed by atoms with E-state index in [-0.39, 0.29) is 17.3 Å². The zero-order valence-corrected chi connectivity index (χ0v) is 11.2. The maximum absolute atomic E-state index is 12.0. The van der Waals surface area contributed by atoms with Crippen LogP contribution >= 0.6 is 11.3 Å². The maximum Gasteiger partial charge on any atom is 0.268 e. The second-order valence-electron chi connectivity index (χ2n) is 4.34. The number of amides is 1. The monoisotopic (exact) mass is 287 g/mol. The van der Waals surface area contributed by atoms with E-state index >= 15 is 0 Å². The molecule has 0 saturated heterocycles. The third-order valence-corrected chi connectivity index (χ3v) is 3.91. The largest absolute Gasteiger partial charge is 0.364 e. The number of aromatic nitrogens is 2. The zero-order valence-electron chi connectivity index (χ0n) is 10.4. The Hall–Kier alpha value is -2.54. The predicted molar refractivity (Wildman–Crippen MR) is 72.8 cm³/mol. The van der Waals surface area contributed by atoms with E-state index in [4.69, 9.17) is 5.73 Å². The van der Waals surface area contributed by atoms with Crippen molar-refractivity contribution in [3.8, 4) is 10.6 Å². The number of carbonyl (C=O) groups is 3. The van der Waals surface area contributed by atoms with Crippen molar-refractivity contribution in [1.29, 1.82) is 0 Å². The highest BCUT2D eigenvalue weighted by Crippen LogP contribution is 2.32. The summed E-state index contributed by atoms with van der Waals surface area (Å²) >= 11 is 1.21. The van der Waals surface area contributed by atoms with Crippen molar-refractivity contribution in [2.75, 3.05) is 0 Å². The van der Waals surface area contributed by atoms with Gasteiger partial charge in [0.25, 0.3) is 5.91 Å². The molecule has 1 amide bonds.